The van der Waals surface area contributed by atoms with Crippen LogP contribution in [0.15, 0.2) is 24.4 Å². The summed E-state index contributed by atoms with van der Waals surface area (Å²) in [5.41, 5.74) is 1.37. The molecule has 1 saturated heterocycles. The van der Waals surface area contributed by atoms with Crippen molar-refractivity contribution in [2.24, 2.45) is 11.3 Å². The highest BCUT2D eigenvalue weighted by Crippen LogP contribution is 2.60. The maximum atomic E-state index is 6.06. The molecule has 1 N–H and O–H groups in total. The molecule has 2 aliphatic carbocycles. The zero-order valence-electron chi connectivity index (χ0n) is 13.4. The lowest BCUT2D eigenvalue weighted by atomic mass is 9.54. The number of fused-ring (bicyclic) bond motifs is 3. The van der Waals surface area contributed by atoms with Gasteiger partial charge < -0.3 is 10.1 Å². The van der Waals surface area contributed by atoms with Gasteiger partial charge in [-0.1, -0.05) is 18.9 Å². The Labute approximate surface area is 136 Å². The molecule has 3 heterocycles. The van der Waals surface area contributed by atoms with E-state index in [1.807, 2.05) is 24.4 Å². The summed E-state index contributed by atoms with van der Waals surface area (Å²) in [6.07, 6.45) is 10.2. The van der Waals surface area contributed by atoms with Crippen molar-refractivity contribution in [1.82, 2.24) is 19.9 Å². The zero-order valence-corrected chi connectivity index (χ0v) is 13.4. The van der Waals surface area contributed by atoms with E-state index >= 15 is 0 Å². The molecule has 2 aromatic heterocycles. The van der Waals surface area contributed by atoms with Crippen molar-refractivity contribution in [3.8, 4) is 0 Å². The molecule has 1 spiro atoms. The van der Waals surface area contributed by atoms with Crippen LogP contribution in [-0.4, -0.2) is 39.9 Å². The van der Waals surface area contributed by atoms with Crippen LogP contribution in [0.5, 0.6) is 0 Å². The van der Waals surface area contributed by atoms with Gasteiger partial charge in [-0.15, -0.1) is 10.2 Å². The maximum absolute atomic E-state index is 6.06. The minimum atomic E-state index is 0.439. The van der Waals surface area contributed by atoms with Gasteiger partial charge in [0.15, 0.2) is 5.65 Å². The molecular formula is C18H24N4O. The molecular weight excluding hydrogens is 288 g/mol. The largest absolute Gasteiger partial charge is 0.377 e. The fourth-order valence-electron chi connectivity index (χ4n) is 5.41. The van der Waals surface area contributed by atoms with E-state index < -0.39 is 0 Å². The van der Waals surface area contributed by atoms with Crippen LogP contribution in [0, 0.1) is 11.3 Å². The number of rotatable bonds is 4. The molecule has 0 bridgehead atoms. The van der Waals surface area contributed by atoms with Crippen molar-refractivity contribution in [2.75, 3.05) is 13.2 Å². The average Bonchev–Trinajstić information content (AvgIpc) is 3.30. The van der Waals surface area contributed by atoms with E-state index in [1.54, 1.807) is 0 Å². The first-order valence-corrected chi connectivity index (χ1v) is 9.02. The maximum Gasteiger partial charge on any atom is 0.160 e. The van der Waals surface area contributed by atoms with Gasteiger partial charge in [0.25, 0.3) is 0 Å². The summed E-state index contributed by atoms with van der Waals surface area (Å²) in [7, 11) is 0. The number of hydrogen-bond acceptors (Lipinski definition) is 4. The Morgan fingerprint density at radius 3 is 3.09 bits per heavy atom. The summed E-state index contributed by atoms with van der Waals surface area (Å²) in [5.74, 6) is 1.79. The van der Waals surface area contributed by atoms with Crippen molar-refractivity contribution in [3.63, 3.8) is 0 Å². The summed E-state index contributed by atoms with van der Waals surface area (Å²) < 4.78 is 8.16. The minimum Gasteiger partial charge on any atom is -0.377 e. The van der Waals surface area contributed by atoms with Gasteiger partial charge in [-0.2, -0.15) is 0 Å². The van der Waals surface area contributed by atoms with Gasteiger partial charge in [-0.25, -0.2) is 0 Å². The topological polar surface area (TPSA) is 51.5 Å². The Bertz CT molecular complexity index is 706. The highest BCUT2D eigenvalue weighted by molar-refractivity contribution is 5.37. The number of aromatic nitrogens is 3. The Balaban J connectivity index is 1.27. The van der Waals surface area contributed by atoms with Crippen LogP contribution < -0.4 is 5.32 Å². The summed E-state index contributed by atoms with van der Waals surface area (Å²) in [6.45, 7) is 1.94. The molecule has 3 atom stereocenters. The zero-order chi connectivity index (χ0) is 15.3. The van der Waals surface area contributed by atoms with Gasteiger partial charge >= 0.3 is 0 Å². The Morgan fingerprint density at radius 2 is 2.17 bits per heavy atom. The van der Waals surface area contributed by atoms with Crippen LogP contribution in [0.1, 0.15) is 37.9 Å². The van der Waals surface area contributed by atoms with Gasteiger partial charge in [0.1, 0.15) is 5.82 Å². The molecule has 5 heteroatoms. The summed E-state index contributed by atoms with van der Waals surface area (Å²) in [4.78, 5) is 0. The molecule has 3 fully saturated rings. The molecule has 0 amide bonds. The van der Waals surface area contributed by atoms with Gasteiger partial charge in [0.05, 0.1) is 6.10 Å². The molecule has 0 aromatic carbocycles. The molecule has 2 saturated carbocycles. The van der Waals surface area contributed by atoms with Crippen LogP contribution in [-0.2, 0) is 11.2 Å². The SMILES string of the molecule is c1ccn2c(CCN[C@@H]3[C@@H]4CCO[C@@H]4C34CCCC4)nnc2c1. The monoisotopic (exact) mass is 312 g/mol. The van der Waals surface area contributed by atoms with E-state index in [1.165, 1.54) is 32.1 Å². The van der Waals surface area contributed by atoms with E-state index in [-0.39, 0.29) is 0 Å². The standard InChI is InChI=1S/C18H24N4O/c1-4-11-22-14(5-1)20-21-15(22)6-10-19-16-13-7-12-23-17(13)18(16)8-2-3-9-18/h1,4-5,11,13,16-17,19H,2-3,6-10,12H2/t13-,16+,17-/m0/s1. The Hall–Kier alpha value is -1.46. The molecule has 1 aliphatic heterocycles. The van der Waals surface area contributed by atoms with Crippen molar-refractivity contribution in [2.45, 2.75) is 50.7 Å². The number of nitrogens with zero attached hydrogens (tertiary/aromatic N) is 3. The summed E-state index contributed by atoms with van der Waals surface area (Å²) in [6, 6.07) is 6.69. The first kappa shape index (κ1) is 13.9. The van der Waals surface area contributed by atoms with Crippen LogP contribution in [0.3, 0.4) is 0 Å². The number of ether oxygens (including phenoxy) is 1. The van der Waals surface area contributed by atoms with Gasteiger partial charge in [-0.3, -0.25) is 4.40 Å². The second kappa shape index (κ2) is 5.28. The second-order valence-electron chi connectivity index (χ2n) is 7.41. The quantitative estimate of drug-likeness (QED) is 0.940. The van der Waals surface area contributed by atoms with E-state index in [0.717, 1.165) is 37.0 Å². The van der Waals surface area contributed by atoms with Gasteiger partial charge in [0.2, 0.25) is 0 Å². The Kier molecular flexibility index (Phi) is 3.20. The van der Waals surface area contributed by atoms with E-state index in [2.05, 4.69) is 19.9 Å². The van der Waals surface area contributed by atoms with Crippen molar-refractivity contribution in [3.05, 3.63) is 30.2 Å². The van der Waals surface area contributed by atoms with Crippen molar-refractivity contribution < 1.29 is 4.74 Å². The van der Waals surface area contributed by atoms with Crippen LogP contribution in [0.2, 0.25) is 0 Å². The molecule has 0 radical (unpaired) electrons. The summed E-state index contributed by atoms with van der Waals surface area (Å²) >= 11 is 0. The minimum absolute atomic E-state index is 0.439. The van der Waals surface area contributed by atoms with Crippen LogP contribution in [0.4, 0.5) is 0 Å². The van der Waals surface area contributed by atoms with Gasteiger partial charge in [-0.05, 0) is 31.4 Å². The molecule has 2 aromatic rings. The van der Waals surface area contributed by atoms with E-state index in [0.29, 0.717) is 17.6 Å². The predicted molar refractivity (Wildman–Crippen MR) is 87.2 cm³/mol. The Morgan fingerprint density at radius 1 is 1.26 bits per heavy atom. The van der Waals surface area contributed by atoms with E-state index in [4.69, 9.17) is 4.74 Å². The first-order valence-electron chi connectivity index (χ1n) is 9.02. The number of nitrogens with one attached hydrogen (secondary N) is 1. The number of hydrogen-bond donors (Lipinski definition) is 1. The molecule has 5 nitrogen and oxygen atoms in total. The predicted octanol–water partition coefficient (Wildman–Crippen LogP) is 2.21. The van der Waals surface area contributed by atoms with Crippen LogP contribution in [0.25, 0.3) is 5.65 Å². The van der Waals surface area contributed by atoms with E-state index in [9.17, 15) is 0 Å². The lowest BCUT2D eigenvalue weighted by Crippen LogP contribution is -2.67. The fraction of sp³-hybridized carbons (Fsp3) is 0.667. The normalized spacial score (nSPS) is 31.6. The average molecular weight is 312 g/mol. The fourth-order valence-corrected chi connectivity index (χ4v) is 5.41. The van der Waals surface area contributed by atoms with Crippen molar-refractivity contribution in [1.29, 1.82) is 0 Å². The smallest absolute Gasteiger partial charge is 0.160 e. The first-order chi connectivity index (χ1) is 11.4. The third-order valence-corrected chi connectivity index (χ3v) is 6.38. The molecule has 5 rings (SSSR count). The summed E-state index contributed by atoms with van der Waals surface area (Å²) in [5, 5.41) is 12.4. The van der Waals surface area contributed by atoms with Crippen molar-refractivity contribution >= 4 is 5.65 Å². The lowest BCUT2D eigenvalue weighted by molar-refractivity contribution is -0.130. The molecule has 0 unspecified atom stereocenters. The van der Waals surface area contributed by atoms with Gasteiger partial charge in [0, 0.05) is 43.1 Å². The lowest BCUT2D eigenvalue weighted by Gasteiger charge is -2.57. The highest BCUT2D eigenvalue weighted by Gasteiger charge is 2.64. The third kappa shape index (κ3) is 1.99. The molecule has 3 aliphatic rings. The third-order valence-electron chi connectivity index (χ3n) is 6.38. The highest BCUT2D eigenvalue weighted by atomic mass is 16.5. The molecule has 23 heavy (non-hydrogen) atoms. The number of pyridine rings is 1. The second-order valence-corrected chi connectivity index (χ2v) is 7.41. The van der Waals surface area contributed by atoms with Crippen LogP contribution >= 0.6 is 0 Å². The molecule has 122 valence electrons.